The van der Waals surface area contributed by atoms with Crippen molar-refractivity contribution in [2.45, 2.75) is 19.4 Å². The molecule has 2 rings (SSSR count). The Morgan fingerprint density at radius 3 is 2.68 bits per heavy atom. The van der Waals surface area contributed by atoms with Crippen LogP contribution in [0.2, 0.25) is 5.02 Å². The molecule has 0 fully saturated rings. The van der Waals surface area contributed by atoms with E-state index in [2.05, 4.69) is 23.3 Å². The van der Waals surface area contributed by atoms with Crippen molar-refractivity contribution in [2.24, 2.45) is 10.7 Å². The van der Waals surface area contributed by atoms with Crippen molar-refractivity contribution in [3.05, 3.63) is 64.7 Å². The number of benzene rings is 2. The molecule has 2 aromatic rings. The van der Waals surface area contributed by atoms with Crippen LogP contribution >= 0.6 is 11.6 Å². The molecular formula is C17H20ClN3O. The van der Waals surface area contributed by atoms with Gasteiger partial charge in [0.05, 0.1) is 12.6 Å². The first-order chi connectivity index (χ1) is 10.6. The number of guanidine groups is 1. The van der Waals surface area contributed by atoms with Gasteiger partial charge < -0.3 is 16.2 Å². The first-order valence-corrected chi connectivity index (χ1v) is 7.55. The van der Waals surface area contributed by atoms with Crippen LogP contribution in [0.1, 0.15) is 24.2 Å². The summed E-state index contributed by atoms with van der Waals surface area (Å²) in [4.78, 5) is 4.17. The smallest absolute Gasteiger partial charge is 0.193 e. The van der Waals surface area contributed by atoms with Crippen LogP contribution in [0.5, 0.6) is 0 Å². The molecule has 0 bridgehead atoms. The van der Waals surface area contributed by atoms with Crippen LogP contribution in [0.4, 0.5) is 5.69 Å². The fourth-order valence-electron chi connectivity index (χ4n) is 2.03. The van der Waals surface area contributed by atoms with Gasteiger partial charge in [0.2, 0.25) is 0 Å². The molecule has 0 aliphatic carbocycles. The van der Waals surface area contributed by atoms with Gasteiger partial charge in [-0.25, -0.2) is 0 Å². The third kappa shape index (κ3) is 4.76. The molecule has 0 aliphatic heterocycles. The van der Waals surface area contributed by atoms with E-state index in [0.717, 1.165) is 17.7 Å². The highest BCUT2D eigenvalue weighted by Gasteiger charge is 2.06. The molecule has 22 heavy (non-hydrogen) atoms. The standard InChI is InChI=1S/C17H20ClN3O/c1-2-12-4-3-5-15(10-12)21-17(19)20-11-16(22)13-6-8-14(18)9-7-13/h3-10,16,22H,2,11H2,1H3,(H3,19,20,21). The number of aliphatic hydroxyl groups excluding tert-OH is 1. The van der Waals surface area contributed by atoms with Crippen molar-refractivity contribution in [3.8, 4) is 0 Å². The van der Waals surface area contributed by atoms with Crippen molar-refractivity contribution < 1.29 is 5.11 Å². The number of aliphatic hydroxyl groups is 1. The van der Waals surface area contributed by atoms with Crippen molar-refractivity contribution in [1.82, 2.24) is 0 Å². The number of nitrogens with two attached hydrogens (primary N) is 1. The molecule has 4 N–H and O–H groups in total. The minimum atomic E-state index is -0.709. The van der Waals surface area contributed by atoms with E-state index in [4.69, 9.17) is 17.3 Å². The molecule has 0 heterocycles. The van der Waals surface area contributed by atoms with Crippen LogP contribution in [-0.2, 0) is 6.42 Å². The predicted octanol–water partition coefficient (Wildman–Crippen LogP) is 3.36. The first kappa shape index (κ1) is 16.3. The summed E-state index contributed by atoms with van der Waals surface area (Å²) in [6, 6.07) is 15.0. The van der Waals surface area contributed by atoms with Crippen LogP contribution in [0.15, 0.2) is 53.5 Å². The summed E-state index contributed by atoms with van der Waals surface area (Å²) < 4.78 is 0. The maximum Gasteiger partial charge on any atom is 0.193 e. The Balaban J connectivity index is 1.95. The largest absolute Gasteiger partial charge is 0.386 e. The minimum Gasteiger partial charge on any atom is -0.386 e. The molecule has 0 saturated heterocycles. The highest BCUT2D eigenvalue weighted by molar-refractivity contribution is 6.30. The quantitative estimate of drug-likeness (QED) is 0.585. The van der Waals surface area contributed by atoms with Crippen LogP contribution in [0.25, 0.3) is 0 Å². The van der Waals surface area contributed by atoms with Gasteiger partial charge in [-0.1, -0.05) is 42.8 Å². The molecule has 1 atom stereocenters. The summed E-state index contributed by atoms with van der Waals surface area (Å²) in [5.74, 6) is 0.279. The molecule has 0 radical (unpaired) electrons. The van der Waals surface area contributed by atoms with E-state index in [1.54, 1.807) is 24.3 Å². The van der Waals surface area contributed by atoms with Gasteiger partial charge in [-0.05, 0) is 41.8 Å². The van der Waals surface area contributed by atoms with E-state index in [1.807, 2.05) is 18.2 Å². The Hall–Kier alpha value is -2.04. The number of aliphatic imine (C=N–C) groups is 1. The van der Waals surface area contributed by atoms with Gasteiger partial charge in [0.15, 0.2) is 5.96 Å². The number of rotatable bonds is 5. The van der Waals surface area contributed by atoms with Gasteiger partial charge in [-0.3, -0.25) is 4.99 Å². The lowest BCUT2D eigenvalue weighted by Gasteiger charge is -2.10. The maximum absolute atomic E-state index is 10.1. The number of anilines is 1. The summed E-state index contributed by atoms with van der Waals surface area (Å²) in [6.07, 6.45) is 0.251. The lowest BCUT2D eigenvalue weighted by atomic mass is 10.1. The molecule has 0 spiro atoms. The van der Waals surface area contributed by atoms with E-state index >= 15 is 0 Å². The van der Waals surface area contributed by atoms with Gasteiger partial charge in [0.1, 0.15) is 0 Å². The summed E-state index contributed by atoms with van der Waals surface area (Å²) >= 11 is 5.82. The monoisotopic (exact) mass is 317 g/mol. The van der Waals surface area contributed by atoms with Gasteiger partial charge in [-0.15, -0.1) is 0 Å². The molecule has 116 valence electrons. The third-order valence-corrected chi connectivity index (χ3v) is 3.55. The molecule has 5 heteroatoms. The van der Waals surface area contributed by atoms with Gasteiger partial charge in [0.25, 0.3) is 0 Å². The Bertz CT molecular complexity index is 641. The second kappa shape index (κ2) is 7.82. The predicted molar refractivity (Wildman–Crippen MR) is 92.3 cm³/mol. The lowest BCUT2D eigenvalue weighted by Crippen LogP contribution is -2.23. The van der Waals surface area contributed by atoms with Crippen LogP contribution in [0.3, 0.4) is 0 Å². The number of nitrogens with zero attached hydrogens (tertiary/aromatic N) is 1. The number of aryl methyl sites for hydroxylation is 1. The number of halogens is 1. The van der Waals surface area contributed by atoms with E-state index < -0.39 is 6.10 Å². The number of hydrogen-bond acceptors (Lipinski definition) is 2. The summed E-state index contributed by atoms with van der Waals surface area (Å²) in [5.41, 5.74) is 8.72. The van der Waals surface area contributed by atoms with Crippen molar-refractivity contribution in [2.75, 3.05) is 11.9 Å². The van der Waals surface area contributed by atoms with Crippen molar-refractivity contribution >= 4 is 23.2 Å². The topological polar surface area (TPSA) is 70.6 Å². The Morgan fingerprint density at radius 2 is 2.00 bits per heavy atom. The highest BCUT2D eigenvalue weighted by atomic mass is 35.5. The Morgan fingerprint density at radius 1 is 1.27 bits per heavy atom. The zero-order valence-corrected chi connectivity index (χ0v) is 13.2. The minimum absolute atomic E-state index is 0.188. The molecule has 0 aromatic heterocycles. The second-order valence-electron chi connectivity index (χ2n) is 4.97. The molecule has 4 nitrogen and oxygen atoms in total. The second-order valence-corrected chi connectivity index (χ2v) is 5.41. The Labute approximate surface area is 135 Å². The van der Waals surface area contributed by atoms with Gasteiger partial charge in [0, 0.05) is 10.7 Å². The molecular weight excluding hydrogens is 298 g/mol. The normalized spacial score (nSPS) is 13.0. The van der Waals surface area contributed by atoms with Crippen molar-refractivity contribution in [3.63, 3.8) is 0 Å². The molecule has 0 amide bonds. The average molecular weight is 318 g/mol. The molecule has 0 saturated carbocycles. The van der Waals surface area contributed by atoms with Crippen molar-refractivity contribution in [1.29, 1.82) is 0 Å². The fourth-order valence-corrected chi connectivity index (χ4v) is 2.16. The number of nitrogens with one attached hydrogen (secondary N) is 1. The van der Waals surface area contributed by atoms with Gasteiger partial charge >= 0.3 is 0 Å². The van der Waals surface area contributed by atoms with E-state index in [0.29, 0.717) is 5.02 Å². The summed E-state index contributed by atoms with van der Waals surface area (Å²) in [6.45, 7) is 2.28. The van der Waals surface area contributed by atoms with E-state index in [-0.39, 0.29) is 12.5 Å². The molecule has 0 aliphatic rings. The first-order valence-electron chi connectivity index (χ1n) is 7.18. The SMILES string of the molecule is CCc1cccc(NC(N)=NCC(O)c2ccc(Cl)cc2)c1. The zero-order chi connectivity index (χ0) is 15.9. The fraction of sp³-hybridized carbons (Fsp3) is 0.235. The maximum atomic E-state index is 10.1. The van der Waals surface area contributed by atoms with E-state index in [1.165, 1.54) is 5.56 Å². The van der Waals surface area contributed by atoms with Crippen LogP contribution in [-0.4, -0.2) is 17.6 Å². The van der Waals surface area contributed by atoms with Crippen LogP contribution in [0, 0.1) is 0 Å². The lowest BCUT2D eigenvalue weighted by molar-refractivity contribution is 0.187. The van der Waals surface area contributed by atoms with E-state index in [9.17, 15) is 5.11 Å². The number of hydrogen-bond donors (Lipinski definition) is 3. The van der Waals surface area contributed by atoms with Crippen LogP contribution < -0.4 is 11.1 Å². The summed E-state index contributed by atoms with van der Waals surface area (Å²) in [5, 5.41) is 13.7. The highest BCUT2D eigenvalue weighted by Crippen LogP contribution is 2.16. The Kier molecular flexibility index (Phi) is 5.81. The molecule has 1 unspecified atom stereocenters. The summed E-state index contributed by atoms with van der Waals surface area (Å²) in [7, 11) is 0. The molecule has 2 aromatic carbocycles. The average Bonchev–Trinajstić information content (AvgIpc) is 2.53. The zero-order valence-electron chi connectivity index (χ0n) is 12.5. The third-order valence-electron chi connectivity index (χ3n) is 3.30. The van der Waals surface area contributed by atoms with Gasteiger partial charge in [-0.2, -0.15) is 0 Å².